The number of carbonyl (C=O) groups is 2. The van der Waals surface area contributed by atoms with Gasteiger partial charge in [0, 0.05) is 0 Å². The molecule has 0 spiro atoms. The average Bonchev–Trinajstić information content (AvgIpc) is 2.37. The van der Waals surface area contributed by atoms with E-state index in [4.69, 9.17) is 5.11 Å². The first-order chi connectivity index (χ1) is 9.78. The average molecular weight is 339 g/mol. The molecular formula is C13H25NO5S2. The Bertz CT molecular complexity index is 430. The summed E-state index contributed by atoms with van der Waals surface area (Å²) in [5.41, 5.74) is 0. The number of hydrogen-bond donors (Lipinski definition) is 2. The lowest BCUT2D eigenvalue weighted by atomic mass is 10.2. The van der Waals surface area contributed by atoms with Crippen molar-refractivity contribution in [2.24, 2.45) is 0 Å². The summed E-state index contributed by atoms with van der Waals surface area (Å²) in [4.78, 5) is 22.6. The highest BCUT2D eigenvalue weighted by atomic mass is 32.2. The molecule has 0 bridgehead atoms. The minimum Gasteiger partial charge on any atom is -0.480 e. The number of aliphatic carboxylic acids is 1. The lowest BCUT2D eigenvalue weighted by molar-refractivity contribution is -0.140. The summed E-state index contributed by atoms with van der Waals surface area (Å²) < 4.78 is 24.7. The second-order valence-corrected chi connectivity index (χ2v) is 8.11. The molecule has 0 aromatic rings. The highest BCUT2D eigenvalue weighted by Crippen LogP contribution is 2.16. The lowest BCUT2D eigenvalue weighted by Crippen LogP contribution is -2.47. The zero-order valence-electron chi connectivity index (χ0n) is 12.8. The zero-order chi connectivity index (χ0) is 16.5. The number of amides is 1. The molecule has 2 N–H and O–H groups in total. The maximum Gasteiger partial charge on any atom is 0.327 e. The number of nitrogens with one attached hydrogen (secondary N) is 1. The molecule has 8 heteroatoms. The van der Waals surface area contributed by atoms with E-state index < -0.39 is 38.8 Å². The van der Waals surface area contributed by atoms with Crippen LogP contribution in [0.3, 0.4) is 0 Å². The van der Waals surface area contributed by atoms with E-state index in [1.807, 2.05) is 13.8 Å². The molecule has 0 aromatic heterocycles. The van der Waals surface area contributed by atoms with Crippen molar-refractivity contribution in [1.82, 2.24) is 5.32 Å². The number of carbonyl (C=O) groups excluding carboxylic acids is 1. The van der Waals surface area contributed by atoms with E-state index >= 15 is 0 Å². The van der Waals surface area contributed by atoms with Crippen molar-refractivity contribution in [1.29, 1.82) is 0 Å². The zero-order valence-corrected chi connectivity index (χ0v) is 14.4. The van der Waals surface area contributed by atoms with Crippen molar-refractivity contribution in [3.05, 3.63) is 0 Å². The van der Waals surface area contributed by atoms with Gasteiger partial charge in [0.25, 0.3) is 0 Å². The predicted octanol–water partition coefficient (Wildman–Crippen LogP) is 1.30. The van der Waals surface area contributed by atoms with Gasteiger partial charge in [-0.2, -0.15) is 11.8 Å². The monoisotopic (exact) mass is 339 g/mol. The van der Waals surface area contributed by atoms with Crippen LogP contribution in [0.1, 0.15) is 39.5 Å². The summed E-state index contributed by atoms with van der Waals surface area (Å²) >= 11 is 1.25. The Kier molecular flexibility index (Phi) is 9.68. The van der Waals surface area contributed by atoms with Crippen LogP contribution < -0.4 is 5.32 Å². The molecule has 0 rings (SSSR count). The van der Waals surface area contributed by atoms with Gasteiger partial charge in [0.05, 0.1) is 16.8 Å². The van der Waals surface area contributed by atoms with Gasteiger partial charge in [-0.05, 0) is 19.1 Å². The van der Waals surface area contributed by atoms with Crippen LogP contribution in [0.5, 0.6) is 0 Å². The van der Waals surface area contributed by atoms with Crippen LogP contribution in [0.25, 0.3) is 0 Å². The lowest BCUT2D eigenvalue weighted by Gasteiger charge is -2.20. The van der Waals surface area contributed by atoms with Crippen molar-refractivity contribution < 1.29 is 23.1 Å². The van der Waals surface area contributed by atoms with E-state index in [1.165, 1.54) is 11.8 Å². The van der Waals surface area contributed by atoms with Crippen molar-refractivity contribution in [2.75, 3.05) is 17.8 Å². The highest BCUT2D eigenvalue weighted by Gasteiger charge is 2.31. The van der Waals surface area contributed by atoms with E-state index in [1.54, 1.807) is 6.26 Å². The summed E-state index contributed by atoms with van der Waals surface area (Å²) in [7, 11) is -3.55. The molecule has 0 saturated heterocycles. The molecular weight excluding hydrogens is 314 g/mol. The van der Waals surface area contributed by atoms with Crippen LogP contribution in [-0.4, -0.2) is 54.5 Å². The maximum absolute atomic E-state index is 12.3. The third-order valence-corrected chi connectivity index (χ3v) is 5.87. The Morgan fingerprint density at radius 2 is 1.71 bits per heavy atom. The molecule has 21 heavy (non-hydrogen) atoms. The molecule has 0 aliphatic rings. The summed E-state index contributed by atoms with van der Waals surface area (Å²) in [6, 6.07) is -1.38. The topological polar surface area (TPSA) is 101 Å². The molecule has 0 heterocycles. The molecule has 1 atom stereocenters. The number of sulfone groups is 1. The Morgan fingerprint density at radius 1 is 1.19 bits per heavy atom. The minimum absolute atomic E-state index is 0.108. The molecule has 1 amide bonds. The van der Waals surface area contributed by atoms with Gasteiger partial charge in [-0.25, -0.2) is 13.2 Å². The molecule has 0 aliphatic heterocycles. The van der Waals surface area contributed by atoms with E-state index in [9.17, 15) is 18.0 Å². The Labute approximate surface area is 131 Å². The maximum atomic E-state index is 12.3. The smallest absolute Gasteiger partial charge is 0.327 e. The van der Waals surface area contributed by atoms with Gasteiger partial charge < -0.3 is 10.4 Å². The van der Waals surface area contributed by atoms with Gasteiger partial charge in [0.1, 0.15) is 6.04 Å². The van der Waals surface area contributed by atoms with E-state index in [2.05, 4.69) is 5.32 Å². The van der Waals surface area contributed by atoms with Crippen molar-refractivity contribution in [2.45, 2.75) is 50.8 Å². The fourth-order valence-electron chi connectivity index (χ4n) is 2.06. The largest absolute Gasteiger partial charge is 0.480 e. The van der Waals surface area contributed by atoms with Gasteiger partial charge in [-0.3, -0.25) is 4.79 Å². The number of carboxylic acid groups (broad SMARTS) is 1. The minimum atomic E-state index is -3.55. The number of carboxylic acids is 1. The highest BCUT2D eigenvalue weighted by molar-refractivity contribution is 7.99. The van der Waals surface area contributed by atoms with E-state index in [0.717, 1.165) is 12.8 Å². The molecule has 0 fully saturated rings. The molecule has 124 valence electrons. The first-order valence-electron chi connectivity index (χ1n) is 7.01. The van der Waals surface area contributed by atoms with Crippen LogP contribution >= 0.6 is 11.8 Å². The number of hydrogen-bond acceptors (Lipinski definition) is 5. The third kappa shape index (κ3) is 7.71. The van der Waals surface area contributed by atoms with Gasteiger partial charge in [-0.1, -0.05) is 26.7 Å². The standard InChI is InChI=1S/C13H25NO5S2/c1-4-6-10(7-5-2)21(18,19)9-11(13(16)17)14-12(15)8-20-3/h10-11H,4-9H2,1-3H3,(H,14,15)(H,16,17)/t11-/m0/s1. The first kappa shape index (κ1) is 20.2. The fourth-order valence-corrected chi connectivity index (χ4v) is 4.56. The Balaban J connectivity index is 4.95. The number of rotatable bonds is 11. The fraction of sp³-hybridized carbons (Fsp3) is 0.846. The van der Waals surface area contributed by atoms with Gasteiger partial charge in [-0.15, -0.1) is 0 Å². The summed E-state index contributed by atoms with van der Waals surface area (Å²) in [6.45, 7) is 3.79. The van der Waals surface area contributed by atoms with Crippen molar-refractivity contribution in [3.8, 4) is 0 Å². The Hall–Kier alpha value is -0.760. The summed E-state index contributed by atoms with van der Waals surface area (Å²) in [5.74, 6) is -2.22. The van der Waals surface area contributed by atoms with E-state index in [-0.39, 0.29) is 5.75 Å². The van der Waals surface area contributed by atoms with Crippen LogP contribution in [0.15, 0.2) is 0 Å². The first-order valence-corrected chi connectivity index (χ1v) is 10.1. The van der Waals surface area contributed by atoms with Crippen molar-refractivity contribution >= 4 is 33.5 Å². The number of thioether (sulfide) groups is 1. The van der Waals surface area contributed by atoms with Crippen LogP contribution in [0.2, 0.25) is 0 Å². The van der Waals surface area contributed by atoms with Gasteiger partial charge >= 0.3 is 5.97 Å². The van der Waals surface area contributed by atoms with Crippen molar-refractivity contribution in [3.63, 3.8) is 0 Å². The van der Waals surface area contributed by atoms with Gasteiger partial charge in [0.15, 0.2) is 9.84 Å². The molecule has 0 unspecified atom stereocenters. The summed E-state index contributed by atoms with van der Waals surface area (Å²) in [6.07, 6.45) is 4.19. The van der Waals surface area contributed by atoms with Crippen LogP contribution in [0.4, 0.5) is 0 Å². The molecule has 0 radical (unpaired) electrons. The van der Waals surface area contributed by atoms with Crippen LogP contribution in [0, 0.1) is 0 Å². The summed E-state index contributed by atoms with van der Waals surface area (Å²) in [5, 5.41) is 10.8. The normalized spacial score (nSPS) is 13.1. The quantitative estimate of drug-likeness (QED) is 0.588. The molecule has 0 aromatic carbocycles. The predicted molar refractivity (Wildman–Crippen MR) is 85.3 cm³/mol. The van der Waals surface area contributed by atoms with E-state index in [0.29, 0.717) is 12.8 Å². The molecule has 0 aliphatic carbocycles. The SMILES string of the molecule is CCCC(CCC)S(=O)(=O)C[C@H](NC(=O)CSC)C(=O)O. The molecule has 6 nitrogen and oxygen atoms in total. The third-order valence-electron chi connectivity index (χ3n) is 3.04. The Morgan fingerprint density at radius 3 is 2.10 bits per heavy atom. The second kappa shape index (κ2) is 10.0. The second-order valence-electron chi connectivity index (χ2n) is 4.92. The molecule has 0 saturated carbocycles. The van der Waals surface area contributed by atoms with Gasteiger partial charge in [0.2, 0.25) is 5.91 Å². The van der Waals surface area contributed by atoms with Crippen LogP contribution in [-0.2, 0) is 19.4 Å².